The maximum Gasteiger partial charge on any atom is 0.327 e. The van der Waals surface area contributed by atoms with Crippen LogP contribution in [0.5, 0.6) is 0 Å². The first-order chi connectivity index (χ1) is 16.9. The Morgan fingerprint density at radius 3 is 2.22 bits per heavy atom. The van der Waals surface area contributed by atoms with Crippen LogP contribution >= 0.6 is 12.6 Å². The highest BCUT2D eigenvalue weighted by atomic mass is 32.1. The number of H-pyrrole nitrogens is 1. The first kappa shape index (κ1) is 30.7. The third-order valence-corrected chi connectivity index (χ3v) is 5.41. The average molecular weight is 528 g/mol. The number of nitrogens with one attached hydrogen (secondary N) is 4. The molecule has 0 spiro atoms. The number of imidazole rings is 1. The maximum absolute atomic E-state index is 13.2. The van der Waals surface area contributed by atoms with Gasteiger partial charge in [0, 0.05) is 30.6 Å². The molecule has 0 saturated carbocycles. The number of nitrogens with two attached hydrogens (primary N) is 3. The number of hydrogen-bond donors (Lipinski definition) is 9. The van der Waals surface area contributed by atoms with Gasteiger partial charge in [-0.1, -0.05) is 13.8 Å². The number of carbonyl (C=O) groups excluding carboxylic acids is 3. The number of guanidine groups is 1. The van der Waals surface area contributed by atoms with E-state index < -0.39 is 47.9 Å². The molecule has 4 atom stereocenters. The van der Waals surface area contributed by atoms with Crippen molar-refractivity contribution in [1.29, 1.82) is 0 Å². The summed E-state index contributed by atoms with van der Waals surface area (Å²) in [6, 6.07) is -4.25. The molecule has 36 heavy (non-hydrogen) atoms. The second kappa shape index (κ2) is 15.6. The highest BCUT2D eigenvalue weighted by molar-refractivity contribution is 7.80. The van der Waals surface area contributed by atoms with Gasteiger partial charge in [-0.05, 0) is 25.2 Å². The van der Waals surface area contributed by atoms with Crippen LogP contribution in [0, 0.1) is 5.92 Å². The van der Waals surface area contributed by atoms with Gasteiger partial charge in [0.1, 0.15) is 18.1 Å². The molecule has 0 saturated heterocycles. The van der Waals surface area contributed by atoms with Crippen molar-refractivity contribution in [3.63, 3.8) is 0 Å². The van der Waals surface area contributed by atoms with Crippen LogP contribution in [0.4, 0.5) is 0 Å². The third-order valence-electron chi connectivity index (χ3n) is 5.05. The van der Waals surface area contributed by atoms with Crippen LogP contribution in [-0.2, 0) is 25.6 Å². The van der Waals surface area contributed by atoms with Crippen LogP contribution in [0.25, 0.3) is 0 Å². The molecule has 1 aromatic rings. The van der Waals surface area contributed by atoms with E-state index in [4.69, 9.17) is 17.2 Å². The van der Waals surface area contributed by atoms with E-state index in [1.54, 1.807) is 0 Å². The fraction of sp³-hybridized carbons (Fsp3) is 0.619. The van der Waals surface area contributed by atoms with Crippen molar-refractivity contribution in [2.24, 2.45) is 28.1 Å². The van der Waals surface area contributed by atoms with Crippen molar-refractivity contribution in [3.05, 3.63) is 18.2 Å². The normalized spacial score (nSPS) is 14.2. The summed E-state index contributed by atoms with van der Waals surface area (Å²) in [5.41, 5.74) is 17.3. The van der Waals surface area contributed by atoms with Crippen molar-refractivity contribution < 1.29 is 24.3 Å². The van der Waals surface area contributed by atoms with Gasteiger partial charge in [-0.3, -0.25) is 19.4 Å². The summed E-state index contributed by atoms with van der Waals surface area (Å²) in [5.74, 6) is -3.34. The quantitative estimate of drug-likeness (QED) is 0.0491. The average Bonchev–Trinajstić information content (AvgIpc) is 3.30. The fourth-order valence-electron chi connectivity index (χ4n) is 3.21. The number of carbonyl (C=O) groups is 4. The molecular weight excluding hydrogens is 490 g/mol. The maximum atomic E-state index is 13.2. The van der Waals surface area contributed by atoms with E-state index in [0.717, 1.165) is 0 Å². The SMILES string of the molecule is CC(C)CC(NC(=O)C(CCCN=C(N)N)NC(=O)C(N)Cc1cnc[nH]1)C(=O)NC(CS)C(=O)O. The first-order valence-electron chi connectivity index (χ1n) is 11.5. The van der Waals surface area contributed by atoms with Gasteiger partial charge >= 0.3 is 5.97 Å². The Labute approximate surface area is 215 Å². The number of carboxylic acids is 1. The van der Waals surface area contributed by atoms with E-state index >= 15 is 0 Å². The summed E-state index contributed by atoms with van der Waals surface area (Å²) < 4.78 is 0. The smallest absolute Gasteiger partial charge is 0.327 e. The molecule has 11 N–H and O–H groups in total. The summed E-state index contributed by atoms with van der Waals surface area (Å²) in [7, 11) is 0. The van der Waals surface area contributed by atoms with E-state index in [1.807, 2.05) is 13.8 Å². The van der Waals surface area contributed by atoms with E-state index in [1.165, 1.54) is 12.5 Å². The molecule has 0 fully saturated rings. The van der Waals surface area contributed by atoms with Gasteiger partial charge in [0.05, 0.1) is 12.4 Å². The zero-order chi connectivity index (χ0) is 27.3. The first-order valence-corrected chi connectivity index (χ1v) is 12.1. The Hall–Kier alpha value is -3.33. The Morgan fingerprint density at radius 1 is 1.08 bits per heavy atom. The predicted octanol–water partition coefficient (Wildman–Crippen LogP) is -2.15. The molecule has 0 aliphatic heterocycles. The topological polar surface area (TPSA) is 244 Å². The molecule has 1 heterocycles. The molecule has 0 aromatic carbocycles. The van der Waals surface area contributed by atoms with E-state index in [2.05, 4.69) is 43.5 Å². The number of aliphatic imine (C=N–C) groups is 1. The predicted molar refractivity (Wildman–Crippen MR) is 137 cm³/mol. The van der Waals surface area contributed by atoms with Crippen LogP contribution in [0.15, 0.2) is 17.5 Å². The molecule has 0 aliphatic rings. The Morgan fingerprint density at radius 2 is 1.69 bits per heavy atom. The highest BCUT2D eigenvalue weighted by Gasteiger charge is 2.30. The zero-order valence-electron chi connectivity index (χ0n) is 20.4. The van der Waals surface area contributed by atoms with E-state index in [-0.39, 0.29) is 43.4 Å². The number of rotatable bonds is 16. The number of aliphatic carboxylic acids is 1. The summed E-state index contributed by atoms with van der Waals surface area (Å²) in [5, 5.41) is 16.8. The van der Waals surface area contributed by atoms with Crippen molar-refractivity contribution in [1.82, 2.24) is 25.9 Å². The molecule has 14 nitrogen and oxygen atoms in total. The Kier molecular flexibility index (Phi) is 13.3. The largest absolute Gasteiger partial charge is 0.480 e. The summed E-state index contributed by atoms with van der Waals surface area (Å²) >= 11 is 3.94. The van der Waals surface area contributed by atoms with Crippen LogP contribution in [-0.4, -0.2) is 81.2 Å². The fourth-order valence-corrected chi connectivity index (χ4v) is 3.46. The number of amides is 3. The second-order valence-corrected chi connectivity index (χ2v) is 9.04. The van der Waals surface area contributed by atoms with Crippen LogP contribution in [0.3, 0.4) is 0 Å². The molecular formula is C21H37N9O5S. The van der Waals surface area contributed by atoms with Gasteiger partial charge in [-0.15, -0.1) is 0 Å². The lowest BCUT2D eigenvalue weighted by atomic mass is 10.0. The summed E-state index contributed by atoms with van der Waals surface area (Å²) in [4.78, 5) is 60.5. The van der Waals surface area contributed by atoms with Crippen molar-refractivity contribution in [2.75, 3.05) is 12.3 Å². The van der Waals surface area contributed by atoms with Crippen molar-refractivity contribution >= 4 is 42.3 Å². The second-order valence-electron chi connectivity index (χ2n) is 8.67. The van der Waals surface area contributed by atoms with Gasteiger partial charge in [-0.25, -0.2) is 9.78 Å². The monoisotopic (exact) mass is 527 g/mol. The molecule has 0 aliphatic carbocycles. The summed E-state index contributed by atoms with van der Waals surface area (Å²) in [6.07, 6.45) is 3.93. The van der Waals surface area contributed by atoms with Crippen LogP contribution in [0.2, 0.25) is 0 Å². The third kappa shape index (κ3) is 11.4. The minimum absolute atomic E-state index is 0.00179. The lowest BCUT2D eigenvalue weighted by Crippen LogP contribution is -2.57. The van der Waals surface area contributed by atoms with Gasteiger partial charge in [-0.2, -0.15) is 12.6 Å². The minimum Gasteiger partial charge on any atom is -0.480 e. The summed E-state index contributed by atoms with van der Waals surface area (Å²) in [6.45, 7) is 3.92. The van der Waals surface area contributed by atoms with Crippen molar-refractivity contribution in [2.45, 2.75) is 63.7 Å². The Bertz CT molecular complexity index is 890. The van der Waals surface area contributed by atoms with Crippen LogP contribution in [0.1, 0.15) is 38.8 Å². The number of nitrogens with zero attached hydrogens (tertiary/aromatic N) is 2. The van der Waals surface area contributed by atoms with Crippen LogP contribution < -0.4 is 33.2 Å². The molecule has 3 amide bonds. The molecule has 1 aromatic heterocycles. The molecule has 15 heteroatoms. The Balaban J connectivity index is 2.97. The number of carboxylic acid groups (broad SMARTS) is 1. The van der Waals surface area contributed by atoms with Gasteiger partial charge in [0.25, 0.3) is 0 Å². The molecule has 0 radical (unpaired) electrons. The molecule has 202 valence electrons. The number of hydrogen-bond acceptors (Lipinski definition) is 8. The zero-order valence-corrected chi connectivity index (χ0v) is 21.3. The van der Waals surface area contributed by atoms with E-state index in [9.17, 15) is 24.3 Å². The number of aromatic amines is 1. The number of thiol groups is 1. The molecule has 0 bridgehead atoms. The minimum atomic E-state index is -1.25. The molecule has 1 rings (SSSR count). The number of aromatic nitrogens is 2. The molecule has 4 unspecified atom stereocenters. The van der Waals surface area contributed by atoms with E-state index in [0.29, 0.717) is 12.1 Å². The van der Waals surface area contributed by atoms with Gasteiger partial charge in [0.2, 0.25) is 17.7 Å². The highest BCUT2D eigenvalue weighted by Crippen LogP contribution is 2.08. The lowest BCUT2D eigenvalue weighted by molar-refractivity contribution is -0.141. The van der Waals surface area contributed by atoms with Crippen molar-refractivity contribution in [3.8, 4) is 0 Å². The van der Waals surface area contributed by atoms with Gasteiger partial charge < -0.3 is 43.2 Å². The van der Waals surface area contributed by atoms with Gasteiger partial charge in [0.15, 0.2) is 5.96 Å². The standard InChI is InChI=1S/C21H37N9O5S/c1-11(2)6-15(19(33)30-16(9-36)20(34)35)29-18(32)14(4-3-5-26-21(23)24)28-17(31)13(22)7-12-8-25-10-27-12/h8,10-11,13-16,36H,3-7,9,22H2,1-2H3,(H,25,27)(H,28,31)(H,29,32)(H,30,33)(H,34,35)(H4,23,24,26). The lowest BCUT2D eigenvalue weighted by Gasteiger charge is -2.26.